The van der Waals surface area contributed by atoms with E-state index in [1.165, 1.54) is 4.88 Å². The maximum atomic E-state index is 6.08. The van der Waals surface area contributed by atoms with Gasteiger partial charge in [-0.25, -0.2) is 0 Å². The molecule has 1 aromatic carbocycles. The monoisotopic (exact) mass is 392 g/mol. The van der Waals surface area contributed by atoms with Crippen LogP contribution < -0.4 is 0 Å². The molecule has 2 aromatic heterocycles. The second kappa shape index (κ2) is 5.22. The lowest BCUT2D eigenvalue weighted by molar-refractivity contribution is 0.821. The Morgan fingerprint density at radius 1 is 1.32 bits per heavy atom. The number of aromatic nitrogens is 2. The molecule has 0 atom stereocenters. The number of benzene rings is 1. The number of hydrogen-bond acceptors (Lipinski definition) is 2. The molecule has 0 amide bonds. The van der Waals surface area contributed by atoms with Crippen molar-refractivity contribution in [2.45, 2.75) is 6.54 Å². The van der Waals surface area contributed by atoms with Crippen LogP contribution in [0.2, 0.25) is 10.0 Å². The highest BCUT2D eigenvalue weighted by atomic mass is 79.9. The Balaban J connectivity index is 2.18. The molecule has 0 aliphatic rings. The summed E-state index contributed by atoms with van der Waals surface area (Å²) < 4.78 is 3.77. The van der Waals surface area contributed by atoms with Crippen LogP contribution in [0.3, 0.4) is 0 Å². The molecule has 2 heterocycles. The van der Waals surface area contributed by atoms with Crippen molar-refractivity contribution < 1.29 is 0 Å². The van der Waals surface area contributed by atoms with E-state index in [-0.39, 0.29) is 0 Å². The van der Waals surface area contributed by atoms with Gasteiger partial charge in [-0.05, 0) is 51.7 Å². The average molecular weight is 394 g/mol. The van der Waals surface area contributed by atoms with Crippen molar-refractivity contribution in [2.75, 3.05) is 0 Å². The molecule has 2 nitrogen and oxygen atoms in total. The van der Waals surface area contributed by atoms with Gasteiger partial charge in [0.2, 0.25) is 0 Å². The molecule has 0 aliphatic heterocycles. The van der Waals surface area contributed by atoms with Crippen molar-refractivity contribution in [3.63, 3.8) is 0 Å². The Labute approximate surface area is 137 Å². The van der Waals surface area contributed by atoms with Gasteiger partial charge >= 0.3 is 0 Å². The zero-order chi connectivity index (χ0) is 13.6. The maximum absolute atomic E-state index is 6.08. The summed E-state index contributed by atoms with van der Waals surface area (Å²) in [6.45, 7) is 0.703. The van der Waals surface area contributed by atoms with E-state index in [4.69, 9.17) is 35.4 Å². The molecule has 0 saturated heterocycles. The molecule has 0 radical (unpaired) electrons. The molecule has 0 spiro atoms. The molecule has 19 heavy (non-hydrogen) atoms. The normalized spacial score (nSPS) is 11.3. The predicted molar refractivity (Wildman–Crippen MR) is 88.3 cm³/mol. The van der Waals surface area contributed by atoms with Gasteiger partial charge in [0.05, 0.1) is 27.6 Å². The van der Waals surface area contributed by atoms with Gasteiger partial charge in [-0.1, -0.05) is 23.2 Å². The van der Waals surface area contributed by atoms with Gasteiger partial charge in [0, 0.05) is 9.35 Å². The summed E-state index contributed by atoms with van der Waals surface area (Å²) in [6.07, 6.45) is 0. The molecule has 0 saturated carbocycles. The summed E-state index contributed by atoms with van der Waals surface area (Å²) in [5.41, 5.74) is 1.85. The fourth-order valence-electron chi connectivity index (χ4n) is 1.89. The van der Waals surface area contributed by atoms with Crippen LogP contribution in [-0.2, 0) is 6.54 Å². The van der Waals surface area contributed by atoms with Crippen molar-refractivity contribution in [3.05, 3.63) is 47.7 Å². The third-order valence-corrected chi connectivity index (χ3v) is 5.76. The molecular formula is C12H7BrCl2N2S2. The summed E-state index contributed by atoms with van der Waals surface area (Å²) in [5.74, 6) is 0. The van der Waals surface area contributed by atoms with Crippen LogP contribution in [0.25, 0.3) is 11.0 Å². The van der Waals surface area contributed by atoms with Crippen LogP contribution in [0.15, 0.2) is 28.1 Å². The van der Waals surface area contributed by atoms with Crippen LogP contribution in [-0.4, -0.2) is 9.55 Å². The lowest BCUT2D eigenvalue weighted by Gasteiger charge is -2.04. The van der Waals surface area contributed by atoms with E-state index < -0.39 is 0 Å². The van der Waals surface area contributed by atoms with Gasteiger partial charge < -0.3 is 9.55 Å². The van der Waals surface area contributed by atoms with Crippen molar-refractivity contribution in [3.8, 4) is 0 Å². The number of nitrogens with one attached hydrogen (secondary N) is 1. The first kappa shape index (κ1) is 13.6. The average Bonchev–Trinajstić information content (AvgIpc) is 2.88. The number of imidazole rings is 1. The second-order valence-electron chi connectivity index (χ2n) is 3.99. The van der Waals surface area contributed by atoms with Gasteiger partial charge in [0.15, 0.2) is 4.77 Å². The quantitative estimate of drug-likeness (QED) is 0.539. The summed E-state index contributed by atoms with van der Waals surface area (Å²) in [5, 5.41) is 3.10. The Kier molecular flexibility index (Phi) is 3.75. The summed E-state index contributed by atoms with van der Waals surface area (Å²) in [6, 6.07) is 5.67. The number of rotatable bonds is 2. The van der Waals surface area contributed by atoms with Crippen molar-refractivity contribution in [1.29, 1.82) is 0 Å². The van der Waals surface area contributed by atoms with E-state index in [1.54, 1.807) is 17.4 Å². The number of halogens is 3. The number of H-pyrrole nitrogens is 1. The standard InChI is InChI=1S/C12H7BrCl2N2S2/c13-6-1-2-19-11(6)5-17-10-4-8(15)7(14)3-9(10)16-12(17)18/h1-4H,5H2,(H,16,18). The summed E-state index contributed by atoms with van der Waals surface area (Å²) in [7, 11) is 0. The Bertz CT molecular complexity index is 819. The number of thiophene rings is 1. The minimum atomic E-state index is 0.523. The molecule has 0 aliphatic carbocycles. The smallest absolute Gasteiger partial charge is 0.178 e. The van der Waals surface area contributed by atoms with E-state index in [2.05, 4.69) is 20.9 Å². The number of nitrogens with zero attached hydrogens (tertiary/aromatic N) is 1. The lowest BCUT2D eigenvalue weighted by Crippen LogP contribution is -1.98. The van der Waals surface area contributed by atoms with Crippen LogP contribution >= 0.6 is 62.7 Å². The number of fused-ring (bicyclic) bond motifs is 1. The third-order valence-electron chi connectivity index (χ3n) is 2.81. The predicted octanol–water partition coefficient (Wildman–Crippen LogP) is 5.88. The van der Waals surface area contributed by atoms with Crippen molar-refractivity contribution in [1.82, 2.24) is 9.55 Å². The van der Waals surface area contributed by atoms with E-state index in [9.17, 15) is 0 Å². The molecule has 0 unspecified atom stereocenters. The van der Waals surface area contributed by atoms with Crippen LogP contribution in [0, 0.1) is 4.77 Å². The lowest BCUT2D eigenvalue weighted by atomic mass is 10.3. The first-order valence-corrected chi connectivity index (χ1v) is 8.19. The molecule has 1 N–H and O–H groups in total. The highest BCUT2D eigenvalue weighted by molar-refractivity contribution is 9.10. The number of hydrogen-bond donors (Lipinski definition) is 1. The van der Waals surface area contributed by atoms with Crippen LogP contribution in [0.5, 0.6) is 0 Å². The minimum Gasteiger partial charge on any atom is -0.331 e. The zero-order valence-corrected chi connectivity index (χ0v) is 14.1. The van der Waals surface area contributed by atoms with Crippen molar-refractivity contribution in [2.24, 2.45) is 0 Å². The molecule has 98 valence electrons. The van der Waals surface area contributed by atoms with E-state index in [0.29, 0.717) is 21.4 Å². The van der Waals surface area contributed by atoms with Crippen LogP contribution in [0.1, 0.15) is 4.88 Å². The molecule has 7 heteroatoms. The SMILES string of the molecule is S=c1[nH]c2cc(Cl)c(Cl)cc2n1Cc1sccc1Br. The molecule has 0 bridgehead atoms. The van der Waals surface area contributed by atoms with Gasteiger partial charge in [0.25, 0.3) is 0 Å². The Hall–Kier alpha value is -0.330. The Morgan fingerprint density at radius 2 is 2.05 bits per heavy atom. The second-order valence-corrected chi connectivity index (χ2v) is 7.05. The summed E-state index contributed by atoms with van der Waals surface area (Å²) in [4.78, 5) is 4.36. The highest BCUT2D eigenvalue weighted by Gasteiger charge is 2.10. The first-order valence-electron chi connectivity index (χ1n) is 5.35. The van der Waals surface area contributed by atoms with Crippen LogP contribution in [0.4, 0.5) is 0 Å². The van der Waals surface area contributed by atoms with Gasteiger partial charge in [-0.2, -0.15) is 0 Å². The highest BCUT2D eigenvalue weighted by Crippen LogP contribution is 2.30. The molecule has 3 rings (SSSR count). The van der Waals surface area contributed by atoms with Gasteiger partial charge in [0.1, 0.15) is 0 Å². The maximum Gasteiger partial charge on any atom is 0.178 e. The number of aromatic amines is 1. The fourth-order valence-corrected chi connectivity index (χ4v) is 3.95. The largest absolute Gasteiger partial charge is 0.331 e. The van der Waals surface area contributed by atoms with E-state index in [1.807, 2.05) is 22.1 Å². The minimum absolute atomic E-state index is 0.523. The Morgan fingerprint density at radius 3 is 2.74 bits per heavy atom. The van der Waals surface area contributed by atoms with E-state index in [0.717, 1.165) is 15.5 Å². The van der Waals surface area contributed by atoms with Gasteiger partial charge in [-0.15, -0.1) is 11.3 Å². The van der Waals surface area contributed by atoms with E-state index >= 15 is 0 Å². The summed E-state index contributed by atoms with van der Waals surface area (Å²) >= 11 is 22.7. The molecular weight excluding hydrogens is 387 g/mol. The third kappa shape index (κ3) is 2.50. The molecule has 0 fully saturated rings. The first-order chi connectivity index (χ1) is 9.06. The zero-order valence-electron chi connectivity index (χ0n) is 9.41. The van der Waals surface area contributed by atoms with Crippen molar-refractivity contribution >= 4 is 73.7 Å². The molecule has 3 aromatic rings. The fraction of sp³-hybridized carbons (Fsp3) is 0.0833. The topological polar surface area (TPSA) is 20.7 Å². The van der Waals surface area contributed by atoms with Gasteiger partial charge in [-0.3, -0.25) is 0 Å².